The molecule has 0 aromatic heterocycles. The Kier molecular flexibility index (Phi) is 5.86. The predicted molar refractivity (Wildman–Crippen MR) is 99.7 cm³/mol. The fraction of sp³-hybridized carbons (Fsp3) is 0.333. The molecule has 1 aliphatic rings. The molecule has 1 heterocycles. The molecule has 1 fully saturated rings. The molecule has 0 bridgehead atoms. The van der Waals surface area contributed by atoms with E-state index in [0.717, 1.165) is 5.56 Å². The lowest BCUT2D eigenvalue weighted by molar-refractivity contribution is -0.122. The summed E-state index contributed by atoms with van der Waals surface area (Å²) < 4.78 is 13.2. The molecule has 0 saturated carbocycles. The largest absolute Gasteiger partial charge is 0.389 e. The first-order valence-electron chi connectivity index (χ1n) is 9.01. The number of amides is 2. The van der Waals surface area contributed by atoms with Crippen LogP contribution in [-0.4, -0.2) is 47.1 Å². The Balaban J connectivity index is 1.55. The van der Waals surface area contributed by atoms with Gasteiger partial charge in [-0.05, 0) is 48.7 Å². The minimum Gasteiger partial charge on any atom is -0.389 e. The van der Waals surface area contributed by atoms with E-state index in [1.54, 1.807) is 42.2 Å². The van der Waals surface area contributed by atoms with Crippen LogP contribution >= 0.6 is 0 Å². The van der Waals surface area contributed by atoms with Gasteiger partial charge in [-0.2, -0.15) is 0 Å². The minimum absolute atomic E-state index is 0.124. The third-order valence-corrected chi connectivity index (χ3v) is 4.89. The van der Waals surface area contributed by atoms with Crippen molar-refractivity contribution in [1.82, 2.24) is 10.2 Å². The van der Waals surface area contributed by atoms with Crippen molar-refractivity contribution in [2.75, 3.05) is 13.1 Å². The van der Waals surface area contributed by atoms with E-state index in [0.29, 0.717) is 24.1 Å². The molecule has 27 heavy (non-hydrogen) atoms. The molecule has 5 nitrogen and oxygen atoms in total. The van der Waals surface area contributed by atoms with E-state index in [1.165, 1.54) is 12.1 Å². The van der Waals surface area contributed by atoms with Gasteiger partial charge in [-0.25, -0.2) is 4.39 Å². The molecule has 2 aromatic carbocycles. The van der Waals surface area contributed by atoms with Crippen LogP contribution in [0.15, 0.2) is 48.5 Å². The molecule has 0 spiro atoms. The number of benzene rings is 2. The highest BCUT2D eigenvalue weighted by Gasteiger charge is 2.31. The van der Waals surface area contributed by atoms with E-state index in [-0.39, 0.29) is 30.6 Å². The summed E-state index contributed by atoms with van der Waals surface area (Å²) in [6, 6.07) is 12.9. The second kappa shape index (κ2) is 8.31. The molecule has 3 rings (SSSR count). The zero-order valence-electron chi connectivity index (χ0n) is 15.2. The number of carbonyl (C=O) groups excluding carboxylic acids is 2. The summed E-state index contributed by atoms with van der Waals surface area (Å²) in [4.78, 5) is 26.4. The zero-order valence-corrected chi connectivity index (χ0v) is 15.2. The molecule has 0 aliphatic carbocycles. The van der Waals surface area contributed by atoms with Gasteiger partial charge in [0.25, 0.3) is 5.91 Å². The molecule has 1 aliphatic heterocycles. The maximum Gasteiger partial charge on any atom is 0.253 e. The van der Waals surface area contributed by atoms with Gasteiger partial charge >= 0.3 is 0 Å². The Morgan fingerprint density at radius 3 is 2.63 bits per heavy atom. The van der Waals surface area contributed by atoms with Crippen LogP contribution in [0.2, 0.25) is 0 Å². The van der Waals surface area contributed by atoms with Gasteiger partial charge < -0.3 is 15.3 Å². The number of aliphatic hydroxyl groups is 1. The van der Waals surface area contributed by atoms with Crippen LogP contribution in [0.3, 0.4) is 0 Å². The summed E-state index contributed by atoms with van der Waals surface area (Å²) in [6.45, 7) is 2.40. The highest BCUT2D eigenvalue weighted by molar-refractivity contribution is 5.94. The zero-order chi connectivity index (χ0) is 19.4. The fourth-order valence-electron chi connectivity index (χ4n) is 3.34. The van der Waals surface area contributed by atoms with Crippen molar-refractivity contribution in [2.24, 2.45) is 0 Å². The van der Waals surface area contributed by atoms with Crippen molar-refractivity contribution in [3.05, 3.63) is 71.0 Å². The number of piperidine rings is 1. The molecule has 1 saturated heterocycles. The number of likely N-dealkylation sites (tertiary alicyclic amines) is 1. The second-order valence-electron chi connectivity index (χ2n) is 6.89. The van der Waals surface area contributed by atoms with E-state index in [2.05, 4.69) is 5.32 Å². The van der Waals surface area contributed by atoms with E-state index < -0.39 is 12.1 Å². The monoisotopic (exact) mass is 370 g/mol. The van der Waals surface area contributed by atoms with E-state index in [1.807, 2.05) is 6.07 Å². The van der Waals surface area contributed by atoms with Gasteiger partial charge in [-0.15, -0.1) is 0 Å². The first kappa shape index (κ1) is 19.0. The van der Waals surface area contributed by atoms with E-state index >= 15 is 0 Å². The maximum absolute atomic E-state index is 13.2. The molecule has 2 amide bonds. The Bertz CT molecular complexity index is 825. The van der Waals surface area contributed by atoms with Crippen LogP contribution in [0.5, 0.6) is 0 Å². The standard InChI is InChI=1S/C21H23FN2O3/c1-14-11-17(22)8-7-16(14)12-20(26)23-18-9-10-24(13-19(18)25)21(27)15-5-3-2-4-6-15/h2-8,11,18-19,25H,9-10,12-13H2,1H3,(H,23,26)/t18-,19-/m1/s1. The molecule has 6 heteroatoms. The van der Waals surface area contributed by atoms with Gasteiger partial charge in [0.05, 0.1) is 18.6 Å². The van der Waals surface area contributed by atoms with Crippen LogP contribution in [0.25, 0.3) is 0 Å². The number of nitrogens with one attached hydrogen (secondary N) is 1. The van der Waals surface area contributed by atoms with Gasteiger partial charge in [0, 0.05) is 18.7 Å². The van der Waals surface area contributed by atoms with Gasteiger partial charge in [-0.3, -0.25) is 9.59 Å². The normalized spacial score (nSPS) is 19.6. The number of carbonyl (C=O) groups is 2. The molecular weight excluding hydrogens is 347 g/mol. The molecule has 0 unspecified atom stereocenters. The SMILES string of the molecule is Cc1cc(F)ccc1CC(=O)N[C@@H]1CCN(C(=O)c2ccccc2)C[C@H]1O. The van der Waals surface area contributed by atoms with E-state index in [4.69, 9.17) is 0 Å². The van der Waals surface area contributed by atoms with Crippen LogP contribution < -0.4 is 5.32 Å². The van der Waals surface area contributed by atoms with Crippen molar-refractivity contribution in [3.63, 3.8) is 0 Å². The van der Waals surface area contributed by atoms with Crippen molar-refractivity contribution >= 4 is 11.8 Å². The fourth-order valence-corrected chi connectivity index (χ4v) is 3.34. The topological polar surface area (TPSA) is 69.6 Å². The molecule has 142 valence electrons. The number of hydrogen-bond donors (Lipinski definition) is 2. The number of β-amino-alcohol motifs (C(OH)–C–C–N with tert-alkyl or cyclic N) is 1. The number of aliphatic hydroxyl groups excluding tert-OH is 1. The van der Waals surface area contributed by atoms with E-state index in [9.17, 15) is 19.1 Å². The highest BCUT2D eigenvalue weighted by Crippen LogP contribution is 2.16. The van der Waals surface area contributed by atoms with Crippen LogP contribution in [0.1, 0.15) is 27.9 Å². The smallest absolute Gasteiger partial charge is 0.253 e. The van der Waals surface area contributed by atoms with Crippen molar-refractivity contribution in [1.29, 1.82) is 0 Å². The van der Waals surface area contributed by atoms with Crippen molar-refractivity contribution < 1.29 is 19.1 Å². The number of halogens is 1. The summed E-state index contributed by atoms with van der Waals surface area (Å²) in [7, 11) is 0. The first-order valence-corrected chi connectivity index (χ1v) is 9.01. The first-order chi connectivity index (χ1) is 12.9. The third-order valence-electron chi connectivity index (χ3n) is 4.89. The third kappa shape index (κ3) is 4.71. The van der Waals surface area contributed by atoms with Gasteiger partial charge in [0.2, 0.25) is 5.91 Å². The molecule has 2 aromatic rings. The maximum atomic E-state index is 13.2. The van der Waals surface area contributed by atoms with Gasteiger partial charge in [-0.1, -0.05) is 24.3 Å². The summed E-state index contributed by atoms with van der Waals surface area (Å²) >= 11 is 0. The van der Waals surface area contributed by atoms with Crippen LogP contribution in [0.4, 0.5) is 4.39 Å². The molecular formula is C21H23FN2O3. The summed E-state index contributed by atoms with van der Waals surface area (Å²) in [6.07, 6.45) is -0.222. The second-order valence-corrected chi connectivity index (χ2v) is 6.89. The lowest BCUT2D eigenvalue weighted by Crippen LogP contribution is -2.55. The lowest BCUT2D eigenvalue weighted by atomic mass is 9.99. The number of rotatable bonds is 4. The summed E-state index contributed by atoms with van der Waals surface area (Å²) in [5.41, 5.74) is 2.05. The quantitative estimate of drug-likeness (QED) is 0.866. The number of nitrogens with zero attached hydrogens (tertiary/aromatic N) is 1. The summed E-state index contributed by atoms with van der Waals surface area (Å²) in [5, 5.41) is 13.2. The number of hydrogen-bond acceptors (Lipinski definition) is 3. The van der Waals surface area contributed by atoms with Crippen molar-refractivity contribution in [2.45, 2.75) is 31.9 Å². The minimum atomic E-state index is -0.829. The highest BCUT2D eigenvalue weighted by atomic mass is 19.1. The average molecular weight is 370 g/mol. The summed E-state index contributed by atoms with van der Waals surface area (Å²) in [5.74, 6) is -0.680. The van der Waals surface area contributed by atoms with Crippen LogP contribution in [-0.2, 0) is 11.2 Å². The molecule has 2 atom stereocenters. The molecule has 0 radical (unpaired) electrons. The average Bonchev–Trinajstić information content (AvgIpc) is 2.66. The van der Waals surface area contributed by atoms with Gasteiger partial charge in [0.15, 0.2) is 0 Å². The Morgan fingerprint density at radius 2 is 1.96 bits per heavy atom. The Labute approximate surface area is 157 Å². The molecule has 2 N–H and O–H groups in total. The predicted octanol–water partition coefficient (Wildman–Crippen LogP) is 2.07. The lowest BCUT2D eigenvalue weighted by Gasteiger charge is -2.36. The van der Waals surface area contributed by atoms with Crippen LogP contribution in [0, 0.1) is 12.7 Å². The Hall–Kier alpha value is -2.73. The van der Waals surface area contributed by atoms with Crippen molar-refractivity contribution in [3.8, 4) is 0 Å². The van der Waals surface area contributed by atoms with Gasteiger partial charge in [0.1, 0.15) is 5.82 Å². The number of aryl methyl sites for hydroxylation is 1. The Morgan fingerprint density at radius 1 is 1.22 bits per heavy atom.